The van der Waals surface area contributed by atoms with Crippen LogP contribution in [0, 0.1) is 5.92 Å². The van der Waals surface area contributed by atoms with Crippen LogP contribution in [0.1, 0.15) is 31.5 Å². The zero-order chi connectivity index (χ0) is 12.1. The molecule has 1 fully saturated rings. The Bertz CT molecular complexity index is 366. The Kier molecular flexibility index (Phi) is 4.31. The van der Waals surface area contributed by atoms with Crippen LogP contribution in [-0.4, -0.2) is 28.4 Å². The Morgan fingerprint density at radius 2 is 2.53 bits per heavy atom. The fourth-order valence-electron chi connectivity index (χ4n) is 2.37. The summed E-state index contributed by atoms with van der Waals surface area (Å²) in [5, 5.41) is 3.39. The third-order valence-corrected chi connectivity index (χ3v) is 3.51. The molecule has 4 nitrogen and oxygen atoms in total. The zero-order valence-corrected chi connectivity index (χ0v) is 10.5. The second-order valence-electron chi connectivity index (χ2n) is 4.92. The minimum Gasteiger partial charge on any atom is -0.338 e. The van der Waals surface area contributed by atoms with Gasteiger partial charge in [0.2, 0.25) is 0 Å². The van der Waals surface area contributed by atoms with Crippen LogP contribution in [0.15, 0.2) is 12.4 Å². The minimum atomic E-state index is 0.310. The first-order valence-electron chi connectivity index (χ1n) is 6.44. The van der Waals surface area contributed by atoms with Gasteiger partial charge in [0.25, 0.3) is 0 Å². The largest absolute Gasteiger partial charge is 0.338 e. The molecule has 1 aliphatic heterocycles. The normalized spacial score (nSPS) is 20.4. The van der Waals surface area contributed by atoms with E-state index in [1.165, 1.54) is 12.8 Å². The molecule has 0 saturated carbocycles. The molecule has 4 heteroatoms. The molecule has 0 aliphatic carbocycles. The lowest BCUT2D eigenvalue weighted by Gasteiger charge is -2.22. The van der Waals surface area contributed by atoms with E-state index >= 15 is 0 Å². The number of nitrogens with one attached hydrogen (secondary N) is 1. The Labute approximate surface area is 102 Å². The van der Waals surface area contributed by atoms with Gasteiger partial charge in [-0.3, -0.25) is 4.79 Å². The summed E-state index contributed by atoms with van der Waals surface area (Å²) < 4.78 is 1.92. The van der Waals surface area contributed by atoms with Crippen molar-refractivity contribution in [3.63, 3.8) is 0 Å². The van der Waals surface area contributed by atoms with E-state index in [0.29, 0.717) is 24.5 Å². The lowest BCUT2D eigenvalue weighted by atomic mass is 9.93. The van der Waals surface area contributed by atoms with Crippen LogP contribution in [0.2, 0.25) is 0 Å². The molecule has 1 aliphatic rings. The molecule has 0 aromatic carbocycles. The summed E-state index contributed by atoms with van der Waals surface area (Å²) in [6, 6.07) is 0. The third kappa shape index (κ3) is 3.66. The number of aromatic nitrogens is 2. The first-order valence-corrected chi connectivity index (χ1v) is 6.44. The molecular weight excluding hydrogens is 214 g/mol. The molecule has 0 bridgehead atoms. The standard InChI is InChI=1S/C13H21N3O/c1-16-8-7-15-13(16)9-12(17)5-4-11-3-2-6-14-10-11/h7-8,11,14H,2-6,9-10H2,1H3. The van der Waals surface area contributed by atoms with Gasteiger partial charge in [0.15, 0.2) is 0 Å². The van der Waals surface area contributed by atoms with Crippen molar-refractivity contribution in [1.29, 1.82) is 0 Å². The summed E-state index contributed by atoms with van der Waals surface area (Å²) in [7, 11) is 1.93. The fourth-order valence-corrected chi connectivity index (χ4v) is 2.37. The van der Waals surface area contributed by atoms with Gasteiger partial charge < -0.3 is 9.88 Å². The van der Waals surface area contributed by atoms with Crippen molar-refractivity contribution < 1.29 is 4.79 Å². The summed E-state index contributed by atoms with van der Waals surface area (Å²) in [4.78, 5) is 16.0. The first-order chi connectivity index (χ1) is 8.25. The lowest BCUT2D eigenvalue weighted by molar-refractivity contribution is -0.118. The van der Waals surface area contributed by atoms with Gasteiger partial charge in [-0.25, -0.2) is 4.98 Å². The number of piperidine rings is 1. The van der Waals surface area contributed by atoms with E-state index in [1.807, 2.05) is 17.8 Å². The van der Waals surface area contributed by atoms with Crippen LogP contribution < -0.4 is 5.32 Å². The van der Waals surface area contributed by atoms with E-state index < -0.39 is 0 Å². The van der Waals surface area contributed by atoms with E-state index in [9.17, 15) is 4.79 Å². The molecule has 1 atom stereocenters. The Morgan fingerprint density at radius 3 is 3.18 bits per heavy atom. The van der Waals surface area contributed by atoms with Crippen molar-refractivity contribution in [1.82, 2.24) is 14.9 Å². The van der Waals surface area contributed by atoms with E-state index in [0.717, 1.165) is 25.3 Å². The van der Waals surface area contributed by atoms with Crippen LogP contribution >= 0.6 is 0 Å². The SMILES string of the molecule is Cn1ccnc1CC(=O)CCC1CCCNC1. The van der Waals surface area contributed by atoms with Crippen LogP contribution in [0.25, 0.3) is 0 Å². The van der Waals surface area contributed by atoms with Gasteiger partial charge in [-0.05, 0) is 38.3 Å². The summed E-state index contributed by atoms with van der Waals surface area (Å²) >= 11 is 0. The maximum atomic E-state index is 11.8. The number of imidazole rings is 1. The number of aryl methyl sites for hydroxylation is 1. The van der Waals surface area contributed by atoms with Crippen molar-refractivity contribution in [2.45, 2.75) is 32.1 Å². The minimum absolute atomic E-state index is 0.310. The highest BCUT2D eigenvalue weighted by molar-refractivity contribution is 5.80. The van der Waals surface area contributed by atoms with Crippen molar-refractivity contribution in [2.75, 3.05) is 13.1 Å². The number of nitrogens with zero attached hydrogens (tertiary/aromatic N) is 2. The molecule has 94 valence electrons. The molecule has 1 unspecified atom stereocenters. The first kappa shape index (κ1) is 12.3. The summed E-state index contributed by atoms with van der Waals surface area (Å²) in [6.07, 6.45) is 8.33. The van der Waals surface area contributed by atoms with Crippen molar-refractivity contribution in [2.24, 2.45) is 13.0 Å². The summed E-state index contributed by atoms with van der Waals surface area (Å²) in [5.74, 6) is 1.87. The smallest absolute Gasteiger partial charge is 0.140 e. The molecular formula is C13H21N3O. The number of carbonyl (C=O) groups is 1. The predicted octanol–water partition coefficient (Wildman–Crippen LogP) is 1.31. The van der Waals surface area contributed by atoms with Gasteiger partial charge in [-0.1, -0.05) is 0 Å². The molecule has 2 heterocycles. The highest BCUT2D eigenvalue weighted by Crippen LogP contribution is 2.16. The zero-order valence-electron chi connectivity index (χ0n) is 10.5. The lowest BCUT2D eigenvalue weighted by Crippen LogP contribution is -2.30. The van der Waals surface area contributed by atoms with E-state index in [4.69, 9.17) is 0 Å². The highest BCUT2D eigenvalue weighted by atomic mass is 16.1. The van der Waals surface area contributed by atoms with E-state index in [-0.39, 0.29) is 0 Å². The summed E-state index contributed by atoms with van der Waals surface area (Å²) in [6.45, 7) is 2.22. The maximum Gasteiger partial charge on any atom is 0.140 e. The monoisotopic (exact) mass is 235 g/mol. The van der Waals surface area contributed by atoms with Gasteiger partial charge in [-0.15, -0.1) is 0 Å². The Hall–Kier alpha value is -1.16. The number of hydrogen-bond donors (Lipinski definition) is 1. The number of carbonyl (C=O) groups excluding carboxylic acids is 1. The maximum absolute atomic E-state index is 11.8. The second-order valence-corrected chi connectivity index (χ2v) is 4.92. The molecule has 1 N–H and O–H groups in total. The van der Waals surface area contributed by atoms with Gasteiger partial charge in [0.05, 0.1) is 6.42 Å². The highest BCUT2D eigenvalue weighted by Gasteiger charge is 2.15. The average molecular weight is 235 g/mol. The van der Waals surface area contributed by atoms with Gasteiger partial charge in [0, 0.05) is 25.9 Å². The molecule has 0 radical (unpaired) electrons. The van der Waals surface area contributed by atoms with Gasteiger partial charge in [0.1, 0.15) is 11.6 Å². The van der Waals surface area contributed by atoms with E-state index in [1.54, 1.807) is 6.20 Å². The third-order valence-electron chi connectivity index (χ3n) is 3.51. The van der Waals surface area contributed by atoms with Crippen LogP contribution in [-0.2, 0) is 18.3 Å². The number of rotatable bonds is 5. The fraction of sp³-hybridized carbons (Fsp3) is 0.692. The van der Waals surface area contributed by atoms with Gasteiger partial charge in [-0.2, -0.15) is 0 Å². The number of hydrogen-bond acceptors (Lipinski definition) is 3. The van der Waals surface area contributed by atoms with E-state index in [2.05, 4.69) is 10.3 Å². The number of Topliss-reactive ketones (excluding diaryl/α,β-unsaturated/α-hetero) is 1. The molecule has 0 spiro atoms. The van der Waals surface area contributed by atoms with Crippen molar-refractivity contribution in [3.8, 4) is 0 Å². The molecule has 1 saturated heterocycles. The predicted molar refractivity (Wildman–Crippen MR) is 66.7 cm³/mol. The second kappa shape index (κ2) is 5.96. The van der Waals surface area contributed by atoms with Crippen LogP contribution in [0.3, 0.4) is 0 Å². The Morgan fingerprint density at radius 1 is 1.65 bits per heavy atom. The molecule has 1 aromatic rings. The molecule has 0 amide bonds. The molecule has 1 aromatic heterocycles. The quantitative estimate of drug-likeness (QED) is 0.837. The van der Waals surface area contributed by atoms with Crippen LogP contribution in [0.5, 0.6) is 0 Å². The average Bonchev–Trinajstić information content (AvgIpc) is 2.74. The topological polar surface area (TPSA) is 46.9 Å². The molecule has 2 rings (SSSR count). The summed E-state index contributed by atoms with van der Waals surface area (Å²) in [5.41, 5.74) is 0. The number of ketones is 1. The molecule has 17 heavy (non-hydrogen) atoms. The van der Waals surface area contributed by atoms with Gasteiger partial charge >= 0.3 is 0 Å². The van der Waals surface area contributed by atoms with Crippen LogP contribution in [0.4, 0.5) is 0 Å². The Balaban J connectivity index is 1.72. The van der Waals surface area contributed by atoms with Crippen molar-refractivity contribution in [3.05, 3.63) is 18.2 Å². The van der Waals surface area contributed by atoms with Crippen molar-refractivity contribution >= 4 is 5.78 Å².